The Morgan fingerprint density at radius 2 is 2.11 bits per heavy atom. The molecule has 0 heterocycles. The van der Waals surface area contributed by atoms with Gasteiger partial charge in [-0.15, -0.1) is 0 Å². The highest BCUT2D eigenvalue weighted by Crippen LogP contribution is 2.31. The van der Waals surface area contributed by atoms with Crippen molar-refractivity contribution in [2.24, 2.45) is 0 Å². The first-order chi connectivity index (χ1) is 9.02. The molecule has 0 aliphatic rings. The van der Waals surface area contributed by atoms with Gasteiger partial charge in [-0.05, 0) is 18.9 Å². The van der Waals surface area contributed by atoms with Crippen molar-refractivity contribution in [3.05, 3.63) is 33.3 Å². The molecular formula is C12H15ClN2O4. The number of nitrogens with zero attached hydrogens (tertiary/aromatic N) is 1. The molecule has 0 fully saturated rings. The van der Waals surface area contributed by atoms with Crippen LogP contribution in [0.2, 0.25) is 5.02 Å². The summed E-state index contributed by atoms with van der Waals surface area (Å²) in [4.78, 5) is 20.6. The van der Waals surface area contributed by atoms with Gasteiger partial charge in [0.25, 0.3) is 5.69 Å². The number of nitro benzene ring substituents is 1. The highest BCUT2D eigenvalue weighted by Gasteiger charge is 2.15. The van der Waals surface area contributed by atoms with Crippen molar-refractivity contribution in [2.45, 2.75) is 25.7 Å². The fourth-order valence-electron chi connectivity index (χ4n) is 1.63. The lowest BCUT2D eigenvalue weighted by Crippen LogP contribution is -2.05. The number of halogens is 1. The van der Waals surface area contributed by atoms with Crippen LogP contribution in [0.25, 0.3) is 0 Å². The second kappa shape index (κ2) is 7.58. The van der Waals surface area contributed by atoms with Crippen molar-refractivity contribution in [2.75, 3.05) is 11.9 Å². The van der Waals surface area contributed by atoms with E-state index in [0.29, 0.717) is 23.7 Å². The fourth-order valence-corrected chi connectivity index (χ4v) is 1.87. The molecular weight excluding hydrogens is 272 g/mol. The van der Waals surface area contributed by atoms with Crippen molar-refractivity contribution in [3.8, 4) is 0 Å². The Balaban J connectivity index is 2.45. The van der Waals surface area contributed by atoms with Crippen LogP contribution in [0.3, 0.4) is 0 Å². The predicted molar refractivity (Wildman–Crippen MR) is 72.7 cm³/mol. The predicted octanol–water partition coefficient (Wildman–Crippen LogP) is 3.31. The zero-order chi connectivity index (χ0) is 14.3. The number of nitrogens with one attached hydrogen (secondary N) is 1. The average Bonchev–Trinajstić information content (AvgIpc) is 2.34. The number of hydrogen-bond acceptors (Lipinski definition) is 4. The van der Waals surface area contributed by atoms with Crippen LogP contribution in [-0.2, 0) is 4.79 Å². The average molecular weight is 287 g/mol. The van der Waals surface area contributed by atoms with E-state index in [1.54, 1.807) is 6.07 Å². The van der Waals surface area contributed by atoms with Gasteiger partial charge >= 0.3 is 5.97 Å². The second-order valence-electron chi connectivity index (χ2n) is 4.02. The molecule has 6 nitrogen and oxygen atoms in total. The van der Waals surface area contributed by atoms with E-state index >= 15 is 0 Å². The molecule has 0 aromatic heterocycles. The van der Waals surface area contributed by atoms with Gasteiger partial charge in [0, 0.05) is 19.0 Å². The monoisotopic (exact) mass is 286 g/mol. The Bertz CT molecular complexity index is 465. The summed E-state index contributed by atoms with van der Waals surface area (Å²) in [5.41, 5.74) is 0.255. The van der Waals surface area contributed by atoms with Gasteiger partial charge in [-0.1, -0.05) is 24.1 Å². The quantitative estimate of drug-likeness (QED) is 0.434. The second-order valence-corrected chi connectivity index (χ2v) is 4.43. The zero-order valence-electron chi connectivity index (χ0n) is 10.3. The molecule has 1 rings (SSSR count). The van der Waals surface area contributed by atoms with Crippen LogP contribution in [-0.4, -0.2) is 22.5 Å². The zero-order valence-corrected chi connectivity index (χ0v) is 11.0. The molecule has 0 aliphatic heterocycles. The molecule has 0 saturated heterocycles. The summed E-state index contributed by atoms with van der Waals surface area (Å²) < 4.78 is 0. The van der Waals surface area contributed by atoms with Gasteiger partial charge < -0.3 is 10.4 Å². The molecule has 1 aromatic carbocycles. The number of rotatable bonds is 8. The highest BCUT2D eigenvalue weighted by atomic mass is 35.5. The molecule has 0 bridgehead atoms. The molecule has 0 saturated carbocycles. The number of carbonyl (C=O) groups is 1. The van der Waals surface area contributed by atoms with E-state index in [2.05, 4.69) is 5.32 Å². The van der Waals surface area contributed by atoms with Crippen LogP contribution in [0.4, 0.5) is 11.4 Å². The molecule has 0 aliphatic carbocycles. The first-order valence-electron chi connectivity index (χ1n) is 5.91. The largest absolute Gasteiger partial charge is 0.481 e. The third-order valence-electron chi connectivity index (χ3n) is 2.56. The topological polar surface area (TPSA) is 92.5 Å². The Morgan fingerprint density at radius 1 is 1.37 bits per heavy atom. The van der Waals surface area contributed by atoms with Crippen LogP contribution in [0.5, 0.6) is 0 Å². The Morgan fingerprint density at radius 3 is 2.74 bits per heavy atom. The molecule has 1 aromatic rings. The fraction of sp³-hybridized carbons (Fsp3) is 0.417. The van der Waals surface area contributed by atoms with Gasteiger partial charge in [0.2, 0.25) is 0 Å². The van der Waals surface area contributed by atoms with E-state index < -0.39 is 10.9 Å². The van der Waals surface area contributed by atoms with Crippen LogP contribution < -0.4 is 5.32 Å². The van der Waals surface area contributed by atoms with E-state index in [4.69, 9.17) is 16.7 Å². The number of aliphatic carboxylic acids is 1. The van der Waals surface area contributed by atoms with Crippen LogP contribution in [0.15, 0.2) is 18.2 Å². The van der Waals surface area contributed by atoms with Crippen molar-refractivity contribution in [3.63, 3.8) is 0 Å². The first-order valence-corrected chi connectivity index (χ1v) is 6.28. The lowest BCUT2D eigenvalue weighted by Gasteiger charge is -2.08. The van der Waals surface area contributed by atoms with Gasteiger partial charge in [-0.2, -0.15) is 0 Å². The van der Waals surface area contributed by atoms with E-state index in [-0.39, 0.29) is 12.1 Å². The van der Waals surface area contributed by atoms with E-state index in [9.17, 15) is 14.9 Å². The van der Waals surface area contributed by atoms with Gasteiger partial charge in [-0.25, -0.2) is 0 Å². The van der Waals surface area contributed by atoms with Crippen molar-refractivity contribution < 1.29 is 14.8 Å². The lowest BCUT2D eigenvalue weighted by molar-refractivity contribution is -0.383. The molecule has 104 valence electrons. The third-order valence-corrected chi connectivity index (χ3v) is 2.87. The number of nitro groups is 1. The van der Waals surface area contributed by atoms with Crippen LogP contribution >= 0.6 is 11.6 Å². The minimum Gasteiger partial charge on any atom is -0.481 e. The summed E-state index contributed by atoms with van der Waals surface area (Å²) in [5.74, 6) is -0.810. The SMILES string of the molecule is O=C(O)CCCCCNc1c(Cl)cccc1[N+](=O)[O-]. The minimum atomic E-state index is -0.810. The Labute approximate surface area is 115 Å². The maximum atomic E-state index is 10.8. The first kappa shape index (κ1) is 15.2. The molecule has 7 heteroatoms. The molecule has 0 atom stereocenters. The number of anilines is 1. The number of para-hydroxylation sites is 1. The van der Waals surface area contributed by atoms with Gasteiger partial charge in [0.15, 0.2) is 0 Å². The summed E-state index contributed by atoms with van der Waals surface area (Å²) >= 11 is 5.91. The lowest BCUT2D eigenvalue weighted by atomic mass is 10.2. The third kappa shape index (κ3) is 5.13. The van der Waals surface area contributed by atoms with Gasteiger partial charge in [0.05, 0.1) is 9.95 Å². The Hall–Kier alpha value is -1.82. The maximum Gasteiger partial charge on any atom is 0.303 e. The Kier molecular flexibility index (Phi) is 6.08. The van der Waals surface area contributed by atoms with Crippen molar-refractivity contribution >= 4 is 28.9 Å². The number of unbranched alkanes of at least 4 members (excludes halogenated alkanes) is 2. The van der Waals surface area contributed by atoms with Crippen LogP contribution in [0, 0.1) is 10.1 Å². The van der Waals surface area contributed by atoms with E-state index in [0.717, 1.165) is 12.8 Å². The van der Waals surface area contributed by atoms with Crippen LogP contribution in [0.1, 0.15) is 25.7 Å². The molecule has 19 heavy (non-hydrogen) atoms. The smallest absolute Gasteiger partial charge is 0.303 e. The van der Waals surface area contributed by atoms with Crippen molar-refractivity contribution in [1.29, 1.82) is 0 Å². The normalized spacial score (nSPS) is 10.2. The van der Waals surface area contributed by atoms with Gasteiger partial charge in [-0.3, -0.25) is 14.9 Å². The van der Waals surface area contributed by atoms with E-state index in [1.807, 2.05) is 0 Å². The molecule has 0 radical (unpaired) electrons. The maximum absolute atomic E-state index is 10.8. The number of carboxylic acid groups (broad SMARTS) is 1. The molecule has 0 amide bonds. The highest BCUT2D eigenvalue weighted by molar-refractivity contribution is 6.33. The summed E-state index contributed by atoms with van der Waals surface area (Å²) in [6, 6.07) is 4.50. The summed E-state index contributed by atoms with van der Waals surface area (Å²) in [5, 5.41) is 22.5. The summed E-state index contributed by atoms with van der Waals surface area (Å²) in [6.45, 7) is 0.518. The summed E-state index contributed by atoms with van der Waals surface area (Å²) in [7, 11) is 0. The molecule has 0 unspecified atom stereocenters. The minimum absolute atomic E-state index is 0.0574. The standard InChI is InChI=1S/C12H15ClN2O4/c13-9-5-4-6-10(15(18)19)12(9)14-8-3-1-2-7-11(16)17/h4-6,14H,1-3,7-8H2,(H,16,17). The van der Waals surface area contributed by atoms with Gasteiger partial charge in [0.1, 0.15) is 5.69 Å². The van der Waals surface area contributed by atoms with Crippen molar-refractivity contribution in [1.82, 2.24) is 0 Å². The summed E-state index contributed by atoms with van der Waals surface area (Å²) in [6.07, 6.45) is 2.22. The number of hydrogen-bond donors (Lipinski definition) is 2. The molecule has 0 spiro atoms. The number of carboxylic acids is 1. The number of benzene rings is 1. The van der Waals surface area contributed by atoms with E-state index in [1.165, 1.54) is 12.1 Å². The molecule has 2 N–H and O–H groups in total.